The zero-order valence-corrected chi connectivity index (χ0v) is 8.32. The van der Waals surface area contributed by atoms with E-state index in [4.69, 9.17) is 5.73 Å². The number of aliphatic hydroxyl groups excluding tert-OH is 1. The Labute approximate surface area is 84.7 Å². The van der Waals surface area contributed by atoms with Gasteiger partial charge in [0.15, 0.2) is 0 Å². The molecule has 1 aliphatic rings. The van der Waals surface area contributed by atoms with Crippen LogP contribution in [0.5, 0.6) is 0 Å². The molecule has 0 aromatic heterocycles. The van der Waals surface area contributed by atoms with Gasteiger partial charge < -0.3 is 10.8 Å². The highest BCUT2D eigenvalue weighted by Gasteiger charge is 2.26. The minimum atomic E-state index is -0.229. The van der Waals surface area contributed by atoms with Gasteiger partial charge in [0, 0.05) is 0 Å². The van der Waals surface area contributed by atoms with E-state index in [1.54, 1.807) is 0 Å². The predicted molar refractivity (Wildman–Crippen MR) is 57.0 cm³/mol. The summed E-state index contributed by atoms with van der Waals surface area (Å²) < 4.78 is 0. The Kier molecular flexibility index (Phi) is 2.85. The van der Waals surface area contributed by atoms with Crippen molar-refractivity contribution in [3.63, 3.8) is 0 Å². The van der Waals surface area contributed by atoms with E-state index in [9.17, 15) is 5.11 Å². The zero-order valence-electron chi connectivity index (χ0n) is 8.32. The van der Waals surface area contributed by atoms with Gasteiger partial charge in [-0.1, -0.05) is 24.3 Å². The molecule has 1 aromatic rings. The number of hydrogen-bond acceptors (Lipinski definition) is 2. The number of nitrogens with two attached hydrogens (primary N) is 1. The summed E-state index contributed by atoms with van der Waals surface area (Å²) >= 11 is 0. The van der Waals surface area contributed by atoms with Crippen molar-refractivity contribution < 1.29 is 5.11 Å². The fraction of sp³-hybridized carbons (Fsp3) is 0.500. The summed E-state index contributed by atoms with van der Waals surface area (Å²) in [5, 5.41) is 9.84. The van der Waals surface area contributed by atoms with E-state index >= 15 is 0 Å². The molecule has 2 heteroatoms. The first kappa shape index (κ1) is 9.69. The Morgan fingerprint density at radius 1 is 1.29 bits per heavy atom. The first-order valence-corrected chi connectivity index (χ1v) is 5.26. The van der Waals surface area contributed by atoms with Crippen LogP contribution in [0.25, 0.3) is 0 Å². The monoisotopic (exact) mass is 191 g/mol. The van der Waals surface area contributed by atoms with Crippen LogP contribution in [-0.4, -0.2) is 17.8 Å². The van der Waals surface area contributed by atoms with Crippen LogP contribution in [0.15, 0.2) is 24.3 Å². The maximum Gasteiger partial charge on any atom is 0.0586 e. The van der Waals surface area contributed by atoms with Crippen molar-refractivity contribution in [2.75, 3.05) is 6.54 Å². The lowest BCUT2D eigenvalue weighted by atomic mass is 9.97. The fourth-order valence-corrected chi connectivity index (χ4v) is 2.27. The van der Waals surface area contributed by atoms with Crippen LogP contribution in [0.1, 0.15) is 17.5 Å². The first-order chi connectivity index (χ1) is 6.81. The van der Waals surface area contributed by atoms with Crippen LogP contribution in [0.2, 0.25) is 0 Å². The van der Waals surface area contributed by atoms with E-state index in [0.717, 1.165) is 19.3 Å². The van der Waals surface area contributed by atoms with Crippen molar-refractivity contribution in [3.8, 4) is 0 Å². The maximum atomic E-state index is 9.84. The summed E-state index contributed by atoms with van der Waals surface area (Å²) in [6, 6.07) is 8.45. The lowest BCUT2D eigenvalue weighted by Crippen LogP contribution is -2.23. The molecule has 2 nitrogen and oxygen atoms in total. The highest BCUT2D eigenvalue weighted by Crippen LogP contribution is 2.29. The molecule has 0 unspecified atom stereocenters. The lowest BCUT2D eigenvalue weighted by molar-refractivity contribution is 0.106. The molecule has 0 saturated carbocycles. The van der Waals surface area contributed by atoms with Crippen LogP contribution >= 0.6 is 0 Å². The van der Waals surface area contributed by atoms with Crippen molar-refractivity contribution in [1.82, 2.24) is 0 Å². The molecule has 0 fully saturated rings. The number of fused-ring (bicyclic) bond motifs is 1. The highest BCUT2D eigenvalue weighted by molar-refractivity contribution is 5.32. The Morgan fingerprint density at radius 2 is 1.86 bits per heavy atom. The van der Waals surface area contributed by atoms with Gasteiger partial charge >= 0.3 is 0 Å². The van der Waals surface area contributed by atoms with Crippen molar-refractivity contribution in [2.45, 2.75) is 25.4 Å². The molecule has 0 aliphatic heterocycles. The molecule has 0 radical (unpaired) electrons. The Balaban J connectivity index is 2.04. The van der Waals surface area contributed by atoms with Crippen molar-refractivity contribution >= 4 is 0 Å². The third-order valence-corrected chi connectivity index (χ3v) is 3.09. The Bertz CT molecular complexity index is 286. The molecule has 76 valence electrons. The third kappa shape index (κ3) is 1.81. The molecule has 1 aliphatic carbocycles. The maximum absolute atomic E-state index is 9.84. The predicted octanol–water partition coefficient (Wildman–Crippen LogP) is 1.11. The van der Waals surface area contributed by atoms with E-state index < -0.39 is 0 Å². The smallest absolute Gasteiger partial charge is 0.0586 e. The minimum Gasteiger partial charge on any atom is -0.393 e. The van der Waals surface area contributed by atoms with E-state index in [2.05, 4.69) is 24.3 Å². The molecule has 14 heavy (non-hydrogen) atoms. The number of hydrogen-bond donors (Lipinski definition) is 2. The van der Waals surface area contributed by atoms with Crippen LogP contribution < -0.4 is 5.73 Å². The standard InChI is InChI=1S/C12H17NO/c13-6-5-12(14)11-7-9-3-1-2-4-10(9)8-11/h1-4,11-12,14H,5-8,13H2/t12-/m0/s1. The molecule has 1 aromatic carbocycles. The van der Waals surface area contributed by atoms with Gasteiger partial charge in [-0.15, -0.1) is 0 Å². The SMILES string of the molecule is NCC[C@H](O)C1Cc2ccccc2C1. The molecular formula is C12H17NO. The fourth-order valence-electron chi connectivity index (χ4n) is 2.27. The average molecular weight is 191 g/mol. The molecule has 0 saturated heterocycles. The average Bonchev–Trinajstić information content (AvgIpc) is 2.61. The Hall–Kier alpha value is -0.860. The normalized spacial score (nSPS) is 18.1. The van der Waals surface area contributed by atoms with E-state index in [0.29, 0.717) is 12.5 Å². The number of aliphatic hydroxyl groups is 1. The quantitative estimate of drug-likeness (QED) is 0.752. The van der Waals surface area contributed by atoms with Gasteiger partial charge in [-0.05, 0) is 42.9 Å². The van der Waals surface area contributed by atoms with Crippen LogP contribution in [0.3, 0.4) is 0 Å². The summed E-state index contributed by atoms with van der Waals surface area (Å²) in [5.41, 5.74) is 8.24. The molecule has 3 N–H and O–H groups in total. The third-order valence-electron chi connectivity index (χ3n) is 3.09. The van der Waals surface area contributed by atoms with Gasteiger partial charge in [0.1, 0.15) is 0 Å². The van der Waals surface area contributed by atoms with E-state index in [-0.39, 0.29) is 6.10 Å². The summed E-state index contributed by atoms with van der Waals surface area (Å²) in [7, 11) is 0. The van der Waals surface area contributed by atoms with Crippen molar-refractivity contribution in [3.05, 3.63) is 35.4 Å². The van der Waals surface area contributed by atoms with Gasteiger partial charge in [-0.25, -0.2) is 0 Å². The second-order valence-corrected chi connectivity index (χ2v) is 4.08. The summed E-state index contributed by atoms with van der Waals surface area (Å²) in [4.78, 5) is 0. The van der Waals surface area contributed by atoms with Gasteiger partial charge in [0.05, 0.1) is 6.10 Å². The Morgan fingerprint density at radius 3 is 2.36 bits per heavy atom. The second kappa shape index (κ2) is 4.11. The molecule has 0 amide bonds. The van der Waals surface area contributed by atoms with E-state index in [1.807, 2.05) is 0 Å². The zero-order chi connectivity index (χ0) is 9.97. The molecule has 2 rings (SSSR count). The van der Waals surface area contributed by atoms with Crippen LogP contribution in [-0.2, 0) is 12.8 Å². The first-order valence-electron chi connectivity index (χ1n) is 5.26. The van der Waals surface area contributed by atoms with Gasteiger partial charge in [0.25, 0.3) is 0 Å². The van der Waals surface area contributed by atoms with Crippen molar-refractivity contribution in [1.29, 1.82) is 0 Å². The van der Waals surface area contributed by atoms with Crippen molar-refractivity contribution in [2.24, 2.45) is 11.7 Å². The molecular weight excluding hydrogens is 174 g/mol. The van der Waals surface area contributed by atoms with Crippen LogP contribution in [0, 0.1) is 5.92 Å². The number of benzene rings is 1. The van der Waals surface area contributed by atoms with Crippen LogP contribution in [0.4, 0.5) is 0 Å². The van der Waals surface area contributed by atoms with Gasteiger partial charge in [-0.2, -0.15) is 0 Å². The molecule has 0 spiro atoms. The molecule has 1 atom stereocenters. The van der Waals surface area contributed by atoms with E-state index in [1.165, 1.54) is 11.1 Å². The topological polar surface area (TPSA) is 46.2 Å². The second-order valence-electron chi connectivity index (χ2n) is 4.08. The summed E-state index contributed by atoms with van der Waals surface area (Å²) in [6.07, 6.45) is 2.51. The number of rotatable bonds is 3. The minimum absolute atomic E-state index is 0.229. The highest BCUT2D eigenvalue weighted by atomic mass is 16.3. The lowest BCUT2D eigenvalue weighted by Gasteiger charge is -2.16. The van der Waals surface area contributed by atoms with Gasteiger partial charge in [-0.3, -0.25) is 0 Å². The molecule has 0 bridgehead atoms. The van der Waals surface area contributed by atoms with Gasteiger partial charge in [0.2, 0.25) is 0 Å². The summed E-state index contributed by atoms with van der Waals surface area (Å²) in [5.74, 6) is 0.385. The summed E-state index contributed by atoms with van der Waals surface area (Å²) in [6.45, 7) is 0.577. The molecule has 0 heterocycles. The largest absolute Gasteiger partial charge is 0.393 e.